The lowest BCUT2D eigenvalue weighted by molar-refractivity contribution is 0.547. The Balaban J connectivity index is 1.87. The van der Waals surface area contributed by atoms with Crippen molar-refractivity contribution >= 4 is 23.4 Å². The zero-order valence-electron chi connectivity index (χ0n) is 12.3. The first-order chi connectivity index (χ1) is 10.1. The normalized spacial score (nSPS) is 11.0. The molecule has 1 N–H and O–H groups in total. The first-order valence-corrected chi connectivity index (χ1v) is 8.39. The van der Waals surface area contributed by atoms with Gasteiger partial charge in [-0.1, -0.05) is 25.4 Å². The molecule has 0 bridgehead atoms. The lowest BCUT2D eigenvalue weighted by Gasteiger charge is -2.07. The van der Waals surface area contributed by atoms with Crippen LogP contribution in [0.5, 0.6) is 0 Å². The van der Waals surface area contributed by atoms with Crippen LogP contribution in [-0.4, -0.2) is 16.5 Å². The van der Waals surface area contributed by atoms with Crippen LogP contribution in [0.3, 0.4) is 0 Å². The van der Waals surface area contributed by atoms with E-state index in [9.17, 15) is 0 Å². The van der Waals surface area contributed by atoms with Crippen LogP contribution >= 0.6 is 23.4 Å². The second-order valence-corrected chi connectivity index (χ2v) is 6.72. The number of hydrogen-bond donors (Lipinski definition) is 1. The fourth-order valence-corrected chi connectivity index (χ4v) is 2.67. The van der Waals surface area contributed by atoms with Gasteiger partial charge < -0.3 is 5.32 Å². The molecule has 0 aliphatic heterocycles. The number of aromatic nitrogens is 2. The second kappa shape index (κ2) is 8.37. The summed E-state index contributed by atoms with van der Waals surface area (Å²) in [5.74, 6) is 2.27. The monoisotopic (exact) mass is 321 g/mol. The Morgan fingerprint density at radius 3 is 2.67 bits per heavy atom. The van der Waals surface area contributed by atoms with Crippen molar-refractivity contribution in [2.24, 2.45) is 5.92 Å². The van der Waals surface area contributed by atoms with Crippen LogP contribution in [0.15, 0.2) is 41.4 Å². The van der Waals surface area contributed by atoms with Crippen molar-refractivity contribution in [3.8, 4) is 0 Å². The maximum absolute atomic E-state index is 5.88. The molecule has 2 aromatic rings. The summed E-state index contributed by atoms with van der Waals surface area (Å²) in [5.41, 5.74) is 1.04. The summed E-state index contributed by atoms with van der Waals surface area (Å²) in [6.45, 7) is 6.18. The Morgan fingerprint density at radius 1 is 1.19 bits per heavy atom. The number of benzene rings is 1. The highest BCUT2D eigenvalue weighted by Crippen LogP contribution is 2.22. The van der Waals surface area contributed by atoms with E-state index in [1.54, 1.807) is 11.8 Å². The summed E-state index contributed by atoms with van der Waals surface area (Å²) in [6, 6.07) is 9.79. The van der Waals surface area contributed by atoms with Crippen LogP contribution in [-0.2, 0) is 12.3 Å². The molecule has 0 unspecified atom stereocenters. The molecule has 5 heteroatoms. The molecule has 1 aromatic carbocycles. The molecule has 0 fully saturated rings. The van der Waals surface area contributed by atoms with E-state index in [-0.39, 0.29) is 0 Å². The average Bonchev–Trinajstić information content (AvgIpc) is 2.47. The van der Waals surface area contributed by atoms with Gasteiger partial charge in [-0.3, -0.25) is 0 Å². The topological polar surface area (TPSA) is 37.8 Å². The lowest BCUT2D eigenvalue weighted by Crippen LogP contribution is -2.19. The molecule has 1 aromatic heterocycles. The van der Waals surface area contributed by atoms with Crippen molar-refractivity contribution in [3.05, 3.63) is 53.1 Å². The van der Waals surface area contributed by atoms with E-state index in [1.807, 2.05) is 36.5 Å². The summed E-state index contributed by atoms with van der Waals surface area (Å²) in [4.78, 5) is 10.1. The third-order valence-corrected chi connectivity index (χ3v) is 4.06. The van der Waals surface area contributed by atoms with Crippen LogP contribution in [0.4, 0.5) is 0 Å². The first-order valence-electron chi connectivity index (χ1n) is 7.03. The average molecular weight is 322 g/mol. The Morgan fingerprint density at radius 2 is 1.95 bits per heavy atom. The smallest absolute Gasteiger partial charge is 0.138 e. The summed E-state index contributed by atoms with van der Waals surface area (Å²) >= 11 is 7.59. The number of nitrogens with one attached hydrogen (secondary N) is 1. The summed E-state index contributed by atoms with van der Waals surface area (Å²) in [5, 5.41) is 4.15. The minimum absolute atomic E-state index is 0.645. The highest BCUT2D eigenvalue weighted by atomic mass is 35.5. The zero-order chi connectivity index (χ0) is 15.1. The molecule has 0 amide bonds. The standard InChI is InChI=1S/C16H20ClN3S/c1-12(2)9-18-10-14-7-8-19-16(20-14)11-21-15-5-3-13(17)4-6-15/h3-8,12,18H,9-11H2,1-2H3. The fraction of sp³-hybridized carbons (Fsp3) is 0.375. The van der Waals surface area contributed by atoms with E-state index in [0.717, 1.165) is 35.4 Å². The van der Waals surface area contributed by atoms with Gasteiger partial charge in [-0.25, -0.2) is 9.97 Å². The molecule has 0 radical (unpaired) electrons. The third-order valence-electron chi connectivity index (χ3n) is 2.80. The summed E-state index contributed by atoms with van der Waals surface area (Å²) < 4.78 is 0. The summed E-state index contributed by atoms with van der Waals surface area (Å²) in [6.07, 6.45) is 1.83. The molecule has 0 saturated heterocycles. The van der Waals surface area contributed by atoms with E-state index in [0.29, 0.717) is 5.92 Å². The maximum atomic E-state index is 5.88. The number of hydrogen-bond acceptors (Lipinski definition) is 4. The van der Waals surface area contributed by atoms with Crippen molar-refractivity contribution in [2.75, 3.05) is 6.54 Å². The van der Waals surface area contributed by atoms with Gasteiger partial charge in [-0.05, 0) is 42.8 Å². The van der Waals surface area contributed by atoms with Gasteiger partial charge in [-0.15, -0.1) is 11.8 Å². The number of rotatable bonds is 7. The van der Waals surface area contributed by atoms with Gasteiger partial charge in [0.2, 0.25) is 0 Å². The zero-order valence-corrected chi connectivity index (χ0v) is 13.9. The molecular formula is C16H20ClN3S. The van der Waals surface area contributed by atoms with Gasteiger partial charge in [0.1, 0.15) is 5.82 Å². The minimum atomic E-state index is 0.645. The molecule has 0 saturated carbocycles. The largest absolute Gasteiger partial charge is 0.311 e. The van der Waals surface area contributed by atoms with Gasteiger partial charge in [0, 0.05) is 22.7 Å². The maximum Gasteiger partial charge on any atom is 0.138 e. The van der Waals surface area contributed by atoms with Crippen LogP contribution in [0.1, 0.15) is 25.4 Å². The number of nitrogens with zero attached hydrogens (tertiary/aromatic N) is 2. The second-order valence-electron chi connectivity index (χ2n) is 5.23. The third kappa shape index (κ3) is 6.04. The molecular weight excluding hydrogens is 302 g/mol. The van der Waals surface area contributed by atoms with Crippen LogP contribution < -0.4 is 5.32 Å². The Hall–Kier alpha value is -1.10. The van der Waals surface area contributed by atoms with Gasteiger partial charge in [0.15, 0.2) is 0 Å². The molecule has 21 heavy (non-hydrogen) atoms. The highest BCUT2D eigenvalue weighted by molar-refractivity contribution is 7.98. The van der Waals surface area contributed by atoms with Gasteiger partial charge in [0.25, 0.3) is 0 Å². The van der Waals surface area contributed by atoms with Crippen molar-refractivity contribution < 1.29 is 0 Å². The SMILES string of the molecule is CC(C)CNCc1ccnc(CSc2ccc(Cl)cc2)n1. The van der Waals surface area contributed by atoms with E-state index in [4.69, 9.17) is 11.6 Å². The molecule has 2 rings (SSSR count). The molecule has 3 nitrogen and oxygen atoms in total. The van der Waals surface area contributed by atoms with Crippen molar-refractivity contribution in [1.82, 2.24) is 15.3 Å². The van der Waals surface area contributed by atoms with Crippen molar-refractivity contribution in [3.63, 3.8) is 0 Å². The van der Waals surface area contributed by atoms with Gasteiger partial charge >= 0.3 is 0 Å². The van der Waals surface area contributed by atoms with E-state index >= 15 is 0 Å². The molecule has 0 atom stereocenters. The molecule has 0 aliphatic carbocycles. The van der Waals surface area contributed by atoms with Crippen molar-refractivity contribution in [2.45, 2.75) is 31.0 Å². The number of halogens is 1. The predicted octanol–water partition coefficient (Wildman–Crippen LogP) is 4.17. The van der Waals surface area contributed by atoms with Gasteiger partial charge in [-0.2, -0.15) is 0 Å². The summed E-state index contributed by atoms with van der Waals surface area (Å²) in [7, 11) is 0. The van der Waals surface area contributed by atoms with Gasteiger partial charge in [0.05, 0.1) is 11.4 Å². The lowest BCUT2D eigenvalue weighted by atomic mass is 10.2. The van der Waals surface area contributed by atoms with Crippen LogP contribution in [0, 0.1) is 5.92 Å². The van der Waals surface area contributed by atoms with E-state index in [2.05, 4.69) is 29.1 Å². The van der Waals surface area contributed by atoms with Crippen LogP contribution in [0.2, 0.25) is 5.02 Å². The predicted molar refractivity (Wildman–Crippen MR) is 89.6 cm³/mol. The Bertz CT molecular complexity index is 558. The molecule has 112 valence electrons. The first kappa shape index (κ1) is 16.3. The Kier molecular flexibility index (Phi) is 6.49. The minimum Gasteiger partial charge on any atom is -0.311 e. The van der Waals surface area contributed by atoms with Crippen LogP contribution in [0.25, 0.3) is 0 Å². The molecule has 1 heterocycles. The van der Waals surface area contributed by atoms with E-state index in [1.165, 1.54) is 4.90 Å². The highest BCUT2D eigenvalue weighted by Gasteiger charge is 2.02. The Labute approximate surface area is 135 Å². The van der Waals surface area contributed by atoms with Crippen molar-refractivity contribution in [1.29, 1.82) is 0 Å². The molecule has 0 spiro atoms. The quantitative estimate of drug-likeness (QED) is 0.777. The number of thioether (sulfide) groups is 1. The van der Waals surface area contributed by atoms with E-state index < -0.39 is 0 Å². The fourth-order valence-electron chi connectivity index (χ4n) is 1.78. The molecule has 0 aliphatic rings.